The van der Waals surface area contributed by atoms with E-state index in [0.29, 0.717) is 5.95 Å². The highest BCUT2D eigenvalue weighted by Crippen LogP contribution is 2.25. The van der Waals surface area contributed by atoms with Crippen molar-refractivity contribution in [3.8, 4) is 0 Å². The first-order valence-electron chi connectivity index (χ1n) is 6.91. The Balaban J connectivity index is 1.95. The molecule has 0 aliphatic heterocycles. The maximum Gasteiger partial charge on any atom is 0.226 e. The molecule has 2 unspecified atom stereocenters. The first-order valence-corrected chi connectivity index (χ1v) is 8.58. The molecule has 2 atom stereocenters. The van der Waals surface area contributed by atoms with Crippen molar-refractivity contribution < 1.29 is 4.39 Å². The lowest BCUT2D eigenvalue weighted by Crippen LogP contribution is -2.21. The average Bonchev–Trinajstić information content (AvgIpc) is 2.89. The molecule has 0 aliphatic carbocycles. The van der Waals surface area contributed by atoms with Gasteiger partial charge in [0.1, 0.15) is 6.33 Å². The molecule has 0 amide bonds. The summed E-state index contributed by atoms with van der Waals surface area (Å²) in [5.74, 6) is 0.616. The average molecular weight is 373 g/mol. The zero-order valence-corrected chi connectivity index (χ0v) is 14.4. The second-order valence-electron chi connectivity index (χ2n) is 4.76. The third kappa shape index (κ3) is 4.71. The number of alkyl halides is 1. The fourth-order valence-corrected chi connectivity index (χ4v) is 3.51. The molecule has 2 aromatic heterocycles. The van der Waals surface area contributed by atoms with Crippen LogP contribution in [0.25, 0.3) is 0 Å². The van der Waals surface area contributed by atoms with Crippen LogP contribution in [0.1, 0.15) is 43.6 Å². The Hall–Kier alpha value is -1.08. The Morgan fingerprint density at radius 1 is 1.43 bits per heavy atom. The maximum absolute atomic E-state index is 13.2. The summed E-state index contributed by atoms with van der Waals surface area (Å²) >= 11 is 5.30. The molecule has 114 valence electrons. The molecule has 0 aromatic carbocycles. The van der Waals surface area contributed by atoms with E-state index in [0.717, 1.165) is 23.7 Å². The number of aromatic nitrogens is 3. The Morgan fingerprint density at radius 2 is 2.24 bits per heavy atom. The number of hydrogen-bond acceptors (Lipinski definition) is 5. The smallest absolute Gasteiger partial charge is 0.226 e. The number of thiophene rings is 1. The first kappa shape index (κ1) is 16.3. The van der Waals surface area contributed by atoms with Crippen molar-refractivity contribution in [3.05, 3.63) is 32.9 Å². The summed E-state index contributed by atoms with van der Waals surface area (Å²) in [6.07, 6.45) is 3.08. The van der Waals surface area contributed by atoms with Gasteiger partial charge in [-0.15, -0.1) is 11.3 Å². The summed E-state index contributed by atoms with van der Waals surface area (Å²) in [7, 11) is 0. The summed E-state index contributed by atoms with van der Waals surface area (Å²) in [4.78, 5) is 13.3. The summed E-state index contributed by atoms with van der Waals surface area (Å²) < 4.78 is 14.4. The summed E-state index contributed by atoms with van der Waals surface area (Å²) in [5.41, 5.74) is 0. The van der Waals surface area contributed by atoms with E-state index >= 15 is 0 Å². The molecular formula is C14H18BrFN4S. The molecule has 0 aliphatic rings. The van der Waals surface area contributed by atoms with Crippen molar-refractivity contribution in [2.24, 2.45) is 0 Å². The molecule has 0 fully saturated rings. The van der Waals surface area contributed by atoms with Crippen LogP contribution < -0.4 is 5.32 Å². The molecule has 0 saturated heterocycles. The Morgan fingerprint density at radius 3 is 2.86 bits per heavy atom. The van der Waals surface area contributed by atoms with Crippen LogP contribution in [-0.4, -0.2) is 21.0 Å². The Bertz CT molecular complexity index is 576. The molecule has 4 nitrogen and oxygen atoms in total. The van der Waals surface area contributed by atoms with Crippen molar-refractivity contribution in [1.82, 2.24) is 15.0 Å². The van der Waals surface area contributed by atoms with Gasteiger partial charge in [0.25, 0.3) is 0 Å². The highest BCUT2D eigenvalue weighted by molar-refractivity contribution is 9.10. The standard InChI is InChI=1S/C14H18BrFN4S/c1-3-10(4-5-12-11(15)6-7-21-12)19-14-18-8-17-13(20-14)9(2)16/h6-10H,3-5H2,1-2H3,(H,17,18,19,20). The minimum absolute atomic E-state index is 0.170. The lowest BCUT2D eigenvalue weighted by molar-refractivity contribution is 0.355. The van der Waals surface area contributed by atoms with Gasteiger partial charge >= 0.3 is 0 Å². The Kier molecular flexibility index (Phi) is 6.05. The number of rotatable bonds is 7. The highest BCUT2D eigenvalue weighted by Gasteiger charge is 2.12. The molecule has 0 spiro atoms. The second kappa shape index (κ2) is 7.79. The maximum atomic E-state index is 13.2. The van der Waals surface area contributed by atoms with E-state index < -0.39 is 6.17 Å². The van der Waals surface area contributed by atoms with Crippen LogP contribution in [-0.2, 0) is 6.42 Å². The fraction of sp³-hybridized carbons (Fsp3) is 0.500. The minimum Gasteiger partial charge on any atom is -0.351 e. The van der Waals surface area contributed by atoms with Gasteiger partial charge in [-0.3, -0.25) is 0 Å². The topological polar surface area (TPSA) is 50.7 Å². The lowest BCUT2D eigenvalue weighted by Gasteiger charge is -2.16. The normalized spacial score (nSPS) is 13.9. The molecule has 1 N–H and O–H groups in total. The van der Waals surface area contributed by atoms with E-state index in [1.165, 1.54) is 18.1 Å². The van der Waals surface area contributed by atoms with Gasteiger partial charge in [0.15, 0.2) is 12.0 Å². The van der Waals surface area contributed by atoms with Gasteiger partial charge in [-0.05, 0) is 53.6 Å². The SMILES string of the molecule is CCC(CCc1sccc1Br)Nc1ncnc(C(C)F)n1. The van der Waals surface area contributed by atoms with Crippen molar-refractivity contribution >= 4 is 33.2 Å². The molecular weight excluding hydrogens is 355 g/mol. The van der Waals surface area contributed by atoms with Crippen molar-refractivity contribution in [1.29, 1.82) is 0 Å². The van der Waals surface area contributed by atoms with Crippen LogP contribution in [0.2, 0.25) is 0 Å². The predicted octanol–water partition coefficient (Wildman–Crippen LogP) is 4.55. The van der Waals surface area contributed by atoms with Gasteiger partial charge in [0.05, 0.1) is 0 Å². The van der Waals surface area contributed by atoms with Crippen LogP contribution in [0.5, 0.6) is 0 Å². The second-order valence-corrected chi connectivity index (χ2v) is 6.62. The quantitative estimate of drug-likeness (QED) is 0.774. The van der Waals surface area contributed by atoms with E-state index in [9.17, 15) is 4.39 Å². The van der Waals surface area contributed by atoms with Crippen LogP contribution in [0.15, 0.2) is 22.2 Å². The predicted molar refractivity (Wildman–Crippen MR) is 87.4 cm³/mol. The summed E-state index contributed by atoms with van der Waals surface area (Å²) in [6, 6.07) is 2.32. The van der Waals surface area contributed by atoms with Crippen LogP contribution in [0.4, 0.5) is 10.3 Å². The Labute approximate surface area is 136 Å². The van der Waals surface area contributed by atoms with Gasteiger partial charge in [-0.2, -0.15) is 4.98 Å². The number of anilines is 1. The number of nitrogens with zero attached hydrogens (tertiary/aromatic N) is 3. The molecule has 21 heavy (non-hydrogen) atoms. The molecule has 0 saturated carbocycles. The van der Waals surface area contributed by atoms with Gasteiger partial charge < -0.3 is 5.32 Å². The van der Waals surface area contributed by atoms with Crippen LogP contribution >= 0.6 is 27.3 Å². The molecule has 0 bridgehead atoms. The van der Waals surface area contributed by atoms with Crippen molar-refractivity contribution in [2.45, 2.75) is 45.3 Å². The number of nitrogens with one attached hydrogen (secondary N) is 1. The first-order chi connectivity index (χ1) is 10.1. The van der Waals surface area contributed by atoms with E-state index in [2.05, 4.69) is 54.6 Å². The van der Waals surface area contributed by atoms with Crippen LogP contribution in [0.3, 0.4) is 0 Å². The van der Waals surface area contributed by atoms with Crippen LogP contribution in [0, 0.1) is 0 Å². The third-order valence-corrected chi connectivity index (χ3v) is 5.17. The molecule has 7 heteroatoms. The number of hydrogen-bond donors (Lipinski definition) is 1. The molecule has 2 heterocycles. The minimum atomic E-state index is -1.18. The van der Waals surface area contributed by atoms with Crippen molar-refractivity contribution in [3.63, 3.8) is 0 Å². The number of aryl methyl sites for hydroxylation is 1. The van der Waals surface area contributed by atoms with Gasteiger partial charge in [0.2, 0.25) is 5.95 Å². The van der Waals surface area contributed by atoms with E-state index in [1.54, 1.807) is 11.3 Å². The monoisotopic (exact) mass is 372 g/mol. The van der Waals surface area contributed by atoms with E-state index in [4.69, 9.17) is 0 Å². The van der Waals surface area contributed by atoms with Gasteiger partial charge in [0, 0.05) is 15.4 Å². The lowest BCUT2D eigenvalue weighted by atomic mass is 10.1. The fourth-order valence-electron chi connectivity index (χ4n) is 1.94. The summed E-state index contributed by atoms with van der Waals surface area (Å²) in [5, 5.41) is 5.34. The highest BCUT2D eigenvalue weighted by atomic mass is 79.9. The zero-order chi connectivity index (χ0) is 15.2. The molecule has 0 radical (unpaired) electrons. The third-order valence-electron chi connectivity index (χ3n) is 3.18. The van der Waals surface area contributed by atoms with Gasteiger partial charge in [-0.25, -0.2) is 14.4 Å². The van der Waals surface area contributed by atoms with Crippen molar-refractivity contribution in [2.75, 3.05) is 5.32 Å². The number of halogens is 2. The van der Waals surface area contributed by atoms with E-state index in [-0.39, 0.29) is 11.9 Å². The molecule has 2 aromatic rings. The summed E-state index contributed by atoms with van der Waals surface area (Å²) in [6.45, 7) is 3.53. The van der Waals surface area contributed by atoms with E-state index in [1.807, 2.05) is 0 Å². The van der Waals surface area contributed by atoms with Gasteiger partial charge in [-0.1, -0.05) is 6.92 Å². The largest absolute Gasteiger partial charge is 0.351 e. The molecule has 2 rings (SSSR count). The zero-order valence-electron chi connectivity index (χ0n) is 12.0.